The predicted octanol–water partition coefficient (Wildman–Crippen LogP) is 2.73. The van der Waals surface area contributed by atoms with Crippen molar-refractivity contribution in [1.29, 1.82) is 0 Å². The van der Waals surface area contributed by atoms with E-state index >= 15 is 0 Å². The summed E-state index contributed by atoms with van der Waals surface area (Å²) in [5.74, 6) is -0.610. The third-order valence-electron chi connectivity index (χ3n) is 4.25. The molecule has 1 aromatic rings. The second-order valence-electron chi connectivity index (χ2n) is 5.33. The number of aliphatic carboxylic acids is 1. The van der Waals surface area contributed by atoms with Gasteiger partial charge >= 0.3 is 5.97 Å². The fourth-order valence-electron chi connectivity index (χ4n) is 3.27. The molecule has 1 aliphatic carbocycles. The molecule has 0 aromatic heterocycles. The Balaban J connectivity index is 2.45. The molecule has 0 bridgehead atoms. The highest BCUT2D eigenvalue weighted by Gasteiger charge is 2.49. The molecule has 1 fully saturated rings. The largest absolute Gasteiger partial charge is 0.480 e. The topological polar surface area (TPSA) is 40.5 Å². The lowest BCUT2D eigenvalue weighted by molar-refractivity contribution is -0.153. The highest BCUT2D eigenvalue weighted by molar-refractivity contribution is 5.80. The number of carboxylic acids is 1. The average molecular weight is 247 g/mol. The predicted molar refractivity (Wildman–Crippen MR) is 71.7 cm³/mol. The minimum atomic E-state index is -0.750. The maximum Gasteiger partial charge on any atom is 0.324 e. The van der Waals surface area contributed by atoms with E-state index in [9.17, 15) is 9.90 Å². The van der Waals surface area contributed by atoms with E-state index in [1.807, 2.05) is 37.2 Å². The Labute approximate surface area is 108 Å². The molecule has 2 atom stereocenters. The zero-order chi connectivity index (χ0) is 13.2. The summed E-state index contributed by atoms with van der Waals surface area (Å²) >= 11 is 0. The summed E-state index contributed by atoms with van der Waals surface area (Å²) in [6, 6.07) is 10.1. The maximum absolute atomic E-state index is 11.9. The van der Waals surface area contributed by atoms with Gasteiger partial charge in [0.05, 0.1) is 0 Å². The Kier molecular flexibility index (Phi) is 3.71. The molecule has 1 aromatic carbocycles. The first kappa shape index (κ1) is 13.1. The summed E-state index contributed by atoms with van der Waals surface area (Å²) in [5, 5.41) is 9.75. The summed E-state index contributed by atoms with van der Waals surface area (Å²) in [4.78, 5) is 13.8. The van der Waals surface area contributed by atoms with Crippen LogP contribution in [-0.4, -0.2) is 35.6 Å². The molecule has 0 saturated heterocycles. The fourth-order valence-corrected chi connectivity index (χ4v) is 3.27. The van der Waals surface area contributed by atoms with Crippen LogP contribution >= 0.6 is 0 Å². The Hall–Kier alpha value is -1.35. The van der Waals surface area contributed by atoms with Crippen LogP contribution in [0.1, 0.15) is 37.2 Å². The van der Waals surface area contributed by atoms with Crippen LogP contribution in [0.3, 0.4) is 0 Å². The van der Waals surface area contributed by atoms with Crippen molar-refractivity contribution in [2.75, 3.05) is 14.1 Å². The molecule has 1 aliphatic rings. The molecular weight excluding hydrogens is 226 g/mol. The van der Waals surface area contributed by atoms with Gasteiger partial charge in [-0.05, 0) is 32.5 Å². The van der Waals surface area contributed by atoms with Crippen molar-refractivity contribution in [1.82, 2.24) is 4.90 Å². The molecule has 0 spiro atoms. The van der Waals surface area contributed by atoms with Crippen LogP contribution in [0.5, 0.6) is 0 Å². The SMILES string of the molecule is CN(C)C1(C(=O)O)CCCCC1c1ccccc1. The fraction of sp³-hybridized carbons (Fsp3) is 0.533. The first-order valence-corrected chi connectivity index (χ1v) is 6.55. The van der Waals surface area contributed by atoms with Crippen LogP contribution < -0.4 is 0 Å². The first-order valence-electron chi connectivity index (χ1n) is 6.55. The van der Waals surface area contributed by atoms with Gasteiger partial charge in [-0.2, -0.15) is 0 Å². The lowest BCUT2D eigenvalue weighted by Crippen LogP contribution is -2.56. The zero-order valence-electron chi connectivity index (χ0n) is 11.1. The molecule has 0 amide bonds. The molecule has 3 heteroatoms. The van der Waals surface area contributed by atoms with E-state index in [1.54, 1.807) is 0 Å². The Morgan fingerprint density at radius 3 is 2.50 bits per heavy atom. The van der Waals surface area contributed by atoms with Gasteiger partial charge in [0.1, 0.15) is 5.54 Å². The van der Waals surface area contributed by atoms with Gasteiger partial charge in [0.2, 0.25) is 0 Å². The molecule has 0 heterocycles. The van der Waals surface area contributed by atoms with Crippen LogP contribution in [0.25, 0.3) is 0 Å². The smallest absolute Gasteiger partial charge is 0.324 e. The van der Waals surface area contributed by atoms with E-state index in [0.717, 1.165) is 31.2 Å². The van der Waals surface area contributed by atoms with Crippen LogP contribution in [0, 0.1) is 0 Å². The molecule has 2 unspecified atom stereocenters. The highest BCUT2D eigenvalue weighted by atomic mass is 16.4. The summed E-state index contributed by atoms with van der Waals surface area (Å²) in [6.07, 6.45) is 3.79. The standard InChI is InChI=1S/C15H21NO2/c1-16(2)15(14(17)18)11-7-6-10-13(15)12-8-4-3-5-9-12/h3-5,8-9,13H,6-7,10-11H2,1-2H3,(H,17,18). The molecule has 1 saturated carbocycles. The van der Waals surface area contributed by atoms with E-state index in [2.05, 4.69) is 12.1 Å². The van der Waals surface area contributed by atoms with Gasteiger partial charge < -0.3 is 5.11 Å². The molecule has 2 rings (SSSR count). The van der Waals surface area contributed by atoms with Gasteiger partial charge in [0.15, 0.2) is 0 Å². The third kappa shape index (κ3) is 2.03. The molecule has 98 valence electrons. The highest BCUT2D eigenvalue weighted by Crippen LogP contribution is 2.43. The summed E-state index contributed by atoms with van der Waals surface area (Å²) < 4.78 is 0. The minimum Gasteiger partial charge on any atom is -0.480 e. The molecule has 0 aliphatic heterocycles. The van der Waals surface area contributed by atoms with Crippen molar-refractivity contribution in [3.63, 3.8) is 0 Å². The Morgan fingerprint density at radius 1 is 1.28 bits per heavy atom. The normalized spacial score (nSPS) is 28.3. The molecule has 0 radical (unpaired) electrons. The monoisotopic (exact) mass is 247 g/mol. The van der Waals surface area contributed by atoms with E-state index in [-0.39, 0.29) is 5.92 Å². The second kappa shape index (κ2) is 5.11. The quantitative estimate of drug-likeness (QED) is 0.892. The van der Waals surface area contributed by atoms with E-state index in [1.165, 1.54) is 0 Å². The van der Waals surface area contributed by atoms with Gasteiger partial charge in [0, 0.05) is 5.92 Å². The first-order chi connectivity index (χ1) is 8.59. The van der Waals surface area contributed by atoms with E-state index in [4.69, 9.17) is 0 Å². The molecule has 3 nitrogen and oxygen atoms in total. The summed E-state index contributed by atoms with van der Waals surface area (Å²) in [6.45, 7) is 0. The average Bonchev–Trinajstić information content (AvgIpc) is 2.39. The van der Waals surface area contributed by atoms with Gasteiger partial charge in [-0.25, -0.2) is 0 Å². The lowest BCUT2D eigenvalue weighted by atomic mass is 9.69. The number of rotatable bonds is 3. The number of hydrogen-bond donors (Lipinski definition) is 1. The van der Waals surface area contributed by atoms with Crippen molar-refractivity contribution in [3.8, 4) is 0 Å². The van der Waals surface area contributed by atoms with Crippen LogP contribution in [0.4, 0.5) is 0 Å². The molecule has 18 heavy (non-hydrogen) atoms. The van der Waals surface area contributed by atoms with E-state index < -0.39 is 11.5 Å². The summed E-state index contributed by atoms with van der Waals surface area (Å²) in [7, 11) is 3.77. The van der Waals surface area contributed by atoms with Crippen LogP contribution in [0.15, 0.2) is 30.3 Å². The van der Waals surface area contributed by atoms with Crippen molar-refractivity contribution in [3.05, 3.63) is 35.9 Å². The van der Waals surface area contributed by atoms with Gasteiger partial charge in [-0.1, -0.05) is 43.2 Å². The number of carboxylic acid groups (broad SMARTS) is 1. The van der Waals surface area contributed by atoms with Crippen molar-refractivity contribution in [2.45, 2.75) is 37.1 Å². The zero-order valence-corrected chi connectivity index (χ0v) is 11.1. The number of likely N-dealkylation sites (N-methyl/N-ethyl adjacent to an activating group) is 1. The Bertz CT molecular complexity index is 416. The van der Waals surface area contributed by atoms with Gasteiger partial charge in [0.25, 0.3) is 0 Å². The summed E-state index contributed by atoms with van der Waals surface area (Å²) in [5.41, 5.74) is 0.396. The molecular formula is C15H21NO2. The van der Waals surface area contributed by atoms with E-state index in [0.29, 0.717) is 0 Å². The number of nitrogens with zero attached hydrogens (tertiary/aromatic N) is 1. The molecule has 1 N–H and O–H groups in total. The maximum atomic E-state index is 11.9. The number of carbonyl (C=O) groups is 1. The van der Waals surface area contributed by atoms with Crippen molar-refractivity contribution < 1.29 is 9.90 Å². The Morgan fingerprint density at radius 2 is 1.94 bits per heavy atom. The third-order valence-corrected chi connectivity index (χ3v) is 4.25. The number of benzene rings is 1. The van der Waals surface area contributed by atoms with Crippen LogP contribution in [0.2, 0.25) is 0 Å². The van der Waals surface area contributed by atoms with Gasteiger partial charge in [-0.3, -0.25) is 9.69 Å². The van der Waals surface area contributed by atoms with Crippen molar-refractivity contribution in [2.24, 2.45) is 0 Å². The van der Waals surface area contributed by atoms with Gasteiger partial charge in [-0.15, -0.1) is 0 Å². The number of hydrogen-bond acceptors (Lipinski definition) is 2. The lowest BCUT2D eigenvalue weighted by Gasteiger charge is -2.45. The second-order valence-corrected chi connectivity index (χ2v) is 5.33. The van der Waals surface area contributed by atoms with Crippen molar-refractivity contribution >= 4 is 5.97 Å². The van der Waals surface area contributed by atoms with Crippen LogP contribution in [-0.2, 0) is 4.79 Å². The minimum absolute atomic E-state index is 0.0833.